The molecule has 0 aliphatic carbocycles. The molecule has 0 bridgehead atoms. The van der Waals surface area contributed by atoms with Gasteiger partial charge in [-0.1, -0.05) is 0 Å². The Balaban J connectivity index is 1.52. The molecule has 1 aromatic heterocycles. The fourth-order valence-electron chi connectivity index (χ4n) is 3.58. The molecule has 0 spiro atoms. The van der Waals surface area contributed by atoms with Crippen LogP contribution in [0, 0.1) is 5.92 Å². The van der Waals surface area contributed by atoms with Gasteiger partial charge in [-0.3, -0.25) is 4.79 Å². The molecule has 2 fully saturated rings. The molecular weight excluding hydrogens is 264 g/mol. The topological polar surface area (TPSA) is 34.5 Å². The van der Waals surface area contributed by atoms with Gasteiger partial charge in [-0.15, -0.1) is 0 Å². The van der Waals surface area contributed by atoms with Crippen molar-refractivity contribution >= 4 is 0 Å². The lowest BCUT2D eigenvalue weighted by Gasteiger charge is -2.35. The monoisotopic (exact) mass is 290 g/mol. The van der Waals surface area contributed by atoms with Gasteiger partial charge in [0, 0.05) is 32.5 Å². The molecule has 0 radical (unpaired) electrons. The molecule has 2 aliphatic heterocycles. The molecule has 3 heterocycles. The van der Waals surface area contributed by atoms with Crippen LogP contribution < -0.4 is 5.56 Å². The van der Waals surface area contributed by atoms with E-state index in [9.17, 15) is 4.79 Å². The SMILES string of the molecule is Cn1ccc(C2CCN(CC3CCCOC3)CC2)cc1=O. The van der Waals surface area contributed by atoms with Crippen molar-refractivity contribution in [2.24, 2.45) is 13.0 Å². The molecule has 1 atom stereocenters. The van der Waals surface area contributed by atoms with Crippen molar-refractivity contribution in [3.63, 3.8) is 0 Å². The van der Waals surface area contributed by atoms with Gasteiger partial charge in [0.05, 0.1) is 6.61 Å². The van der Waals surface area contributed by atoms with E-state index < -0.39 is 0 Å². The number of nitrogens with zero attached hydrogens (tertiary/aromatic N) is 2. The summed E-state index contributed by atoms with van der Waals surface area (Å²) in [5, 5.41) is 0. The summed E-state index contributed by atoms with van der Waals surface area (Å²) in [4.78, 5) is 14.3. The second-order valence-corrected chi connectivity index (χ2v) is 6.57. The van der Waals surface area contributed by atoms with E-state index in [4.69, 9.17) is 4.74 Å². The van der Waals surface area contributed by atoms with Crippen LogP contribution in [-0.4, -0.2) is 42.3 Å². The number of pyridine rings is 1. The van der Waals surface area contributed by atoms with Crippen LogP contribution >= 0.6 is 0 Å². The maximum atomic E-state index is 11.7. The highest BCUT2D eigenvalue weighted by molar-refractivity contribution is 5.17. The number of aryl methyl sites for hydroxylation is 1. The highest BCUT2D eigenvalue weighted by Gasteiger charge is 2.24. The quantitative estimate of drug-likeness (QED) is 0.854. The average molecular weight is 290 g/mol. The van der Waals surface area contributed by atoms with Crippen LogP contribution in [0.2, 0.25) is 0 Å². The van der Waals surface area contributed by atoms with E-state index in [0.717, 1.165) is 32.2 Å². The highest BCUT2D eigenvalue weighted by Crippen LogP contribution is 2.28. The number of likely N-dealkylation sites (tertiary alicyclic amines) is 1. The zero-order chi connectivity index (χ0) is 14.7. The standard InChI is InChI=1S/C17H26N2O2/c1-18-7-4-16(11-17(18)20)15-5-8-19(9-6-15)12-14-3-2-10-21-13-14/h4,7,11,14-15H,2-3,5-6,8-10,12-13H2,1H3. The number of rotatable bonds is 3. The Morgan fingerprint density at radius 3 is 2.76 bits per heavy atom. The molecule has 1 unspecified atom stereocenters. The molecule has 0 saturated carbocycles. The van der Waals surface area contributed by atoms with E-state index in [0.29, 0.717) is 5.92 Å². The molecule has 3 rings (SSSR count). The van der Waals surface area contributed by atoms with Crippen molar-refractivity contribution in [3.8, 4) is 0 Å². The Bertz CT molecular complexity index is 512. The third-order valence-electron chi connectivity index (χ3n) is 4.96. The highest BCUT2D eigenvalue weighted by atomic mass is 16.5. The Kier molecular flexibility index (Phi) is 4.76. The van der Waals surface area contributed by atoms with Crippen LogP contribution in [0.25, 0.3) is 0 Å². The van der Waals surface area contributed by atoms with Crippen LogP contribution in [0.3, 0.4) is 0 Å². The first-order valence-corrected chi connectivity index (χ1v) is 8.19. The maximum absolute atomic E-state index is 11.7. The molecule has 21 heavy (non-hydrogen) atoms. The minimum Gasteiger partial charge on any atom is -0.381 e. The lowest BCUT2D eigenvalue weighted by molar-refractivity contribution is 0.0346. The van der Waals surface area contributed by atoms with Gasteiger partial charge < -0.3 is 14.2 Å². The fourth-order valence-corrected chi connectivity index (χ4v) is 3.58. The summed E-state index contributed by atoms with van der Waals surface area (Å²) >= 11 is 0. The van der Waals surface area contributed by atoms with E-state index in [2.05, 4.69) is 11.0 Å². The molecule has 4 heteroatoms. The van der Waals surface area contributed by atoms with E-state index >= 15 is 0 Å². The predicted octanol–water partition coefficient (Wildman–Crippen LogP) is 1.99. The number of piperidine rings is 1. The first kappa shape index (κ1) is 14.8. The van der Waals surface area contributed by atoms with Crippen LogP contribution in [0.15, 0.2) is 23.1 Å². The van der Waals surface area contributed by atoms with Crippen LogP contribution in [0.1, 0.15) is 37.2 Å². The van der Waals surface area contributed by atoms with Crippen molar-refractivity contribution < 1.29 is 4.74 Å². The normalized spacial score (nSPS) is 25.1. The summed E-state index contributed by atoms with van der Waals surface area (Å²) in [7, 11) is 1.81. The van der Waals surface area contributed by atoms with E-state index in [1.54, 1.807) is 11.6 Å². The molecule has 0 amide bonds. The number of aromatic nitrogens is 1. The number of hydrogen-bond acceptors (Lipinski definition) is 3. The summed E-state index contributed by atoms with van der Waals surface area (Å²) in [5.41, 5.74) is 1.33. The lowest BCUT2D eigenvalue weighted by atomic mass is 9.89. The minimum absolute atomic E-state index is 0.106. The second-order valence-electron chi connectivity index (χ2n) is 6.57. The zero-order valence-electron chi connectivity index (χ0n) is 13.0. The second kappa shape index (κ2) is 6.75. The van der Waals surface area contributed by atoms with E-state index in [-0.39, 0.29) is 5.56 Å². The van der Waals surface area contributed by atoms with Gasteiger partial charge in [-0.25, -0.2) is 0 Å². The summed E-state index contributed by atoms with van der Waals surface area (Å²) < 4.78 is 7.22. The van der Waals surface area contributed by atoms with Crippen molar-refractivity contribution in [2.75, 3.05) is 32.8 Å². The van der Waals surface area contributed by atoms with Gasteiger partial charge >= 0.3 is 0 Å². The summed E-state index contributed by atoms with van der Waals surface area (Å²) in [6.45, 7) is 5.37. The van der Waals surface area contributed by atoms with Gasteiger partial charge in [0.1, 0.15) is 0 Å². The molecule has 2 saturated heterocycles. The van der Waals surface area contributed by atoms with Crippen LogP contribution in [-0.2, 0) is 11.8 Å². The summed E-state index contributed by atoms with van der Waals surface area (Å²) in [5.74, 6) is 1.28. The van der Waals surface area contributed by atoms with Crippen LogP contribution in [0.5, 0.6) is 0 Å². The Morgan fingerprint density at radius 2 is 2.10 bits per heavy atom. The first-order valence-electron chi connectivity index (χ1n) is 8.19. The molecule has 0 N–H and O–H groups in total. The van der Waals surface area contributed by atoms with Gasteiger partial charge in [0.15, 0.2) is 0 Å². The number of hydrogen-bond donors (Lipinski definition) is 0. The average Bonchev–Trinajstić information content (AvgIpc) is 2.52. The van der Waals surface area contributed by atoms with E-state index in [1.165, 1.54) is 37.8 Å². The zero-order valence-corrected chi connectivity index (χ0v) is 13.0. The van der Waals surface area contributed by atoms with Gasteiger partial charge in [-0.2, -0.15) is 0 Å². The third kappa shape index (κ3) is 3.74. The largest absolute Gasteiger partial charge is 0.381 e. The molecule has 116 valence electrons. The van der Waals surface area contributed by atoms with Crippen molar-refractivity contribution in [1.82, 2.24) is 9.47 Å². The van der Waals surface area contributed by atoms with Crippen molar-refractivity contribution in [1.29, 1.82) is 0 Å². The fraction of sp³-hybridized carbons (Fsp3) is 0.706. The Labute approximate surface area is 126 Å². The maximum Gasteiger partial charge on any atom is 0.250 e. The molecule has 2 aliphatic rings. The van der Waals surface area contributed by atoms with Crippen molar-refractivity contribution in [2.45, 2.75) is 31.6 Å². The van der Waals surface area contributed by atoms with Crippen LogP contribution in [0.4, 0.5) is 0 Å². The minimum atomic E-state index is 0.106. The molecule has 0 aromatic carbocycles. The number of ether oxygens (including phenoxy) is 1. The van der Waals surface area contributed by atoms with Gasteiger partial charge in [-0.05, 0) is 62.2 Å². The van der Waals surface area contributed by atoms with Crippen molar-refractivity contribution in [3.05, 3.63) is 34.2 Å². The molecular formula is C17H26N2O2. The van der Waals surface area contributed by atoms with E-state index in [1.807, 2.05) is 12.3 Å². The lowest BCUT2D eigenvalue weighted by Crippen LogP contribution is -2.38. The summed E-state index contributed by atoms with van der Waals surface area (Å²) in [6.07, 6.45) is 6.76. The molecule has 4 nitrogen and oxygen atoms in total. The van der Waals surface area contributed by atoms with Gasteiger partial charge in [0.2, 0.25) is 0 Å². The molecule has 1 aromatic rings. The third-order valence-corrected chi connectivity index (χ3v) is 4.96. The summed E-state index contributed by atoms with van der Waals surface area (Å²) in [6, 6.07) is 3.92. The Morgan fingerprint density at radius 1 is 1.29 bits per heavy atom. The Hall–Kier alpha value is -1.13. The van der Waals surface area contributed by atoms with Gasteiger partial charge in [0.25, 0.3) is 5.56 Å². The smallest absolute Gasteiger partial charge is 0.250 e. The first-order chi connectivity index (χ1) is 10.2. The predicted molar refractivity (Wildman–Crippen MR) is 83.6 cm³/mol.